The molecular weight excluding hydrogens is 197 g/mol. The van der Waals surface area contributed by atoms with Crippen molar-refractivity contribution < 1.29 is 4.39 Å². The highest BCUT2D eigenvalue weighted by molar-refractivity contribution is 7.99. The van der Waals surface area contributed by atoms with Gasteiger partial charge in [-0.05, 0) is 28.5 Å². The van der Waals surface area contributed by atoms with Crippen molar-refractivity contribution in [1.29, 1.82) is 0 Å². The highest BCUT2D eigenvalue weighted by Gasteiger charge is 2.01. The van der Waals surface area contributed by atoms with Crippen LogP contribution in [0.5, 0.6) is 0 Å². The third-order valence-electron chi connectivity index (χ3n) is 1.84. The van der Waals surface area contributed by atoms with Crippen molar-refractivity contribution in [2.24, 2.45) is 5.73 Å². The zero-order valence-corrected chi connectivity index (χ0v) is 9.40. The summed E-state index contributed by atoms with van der Waals surface area (Å²) in [6, 6.07) is 5.04. The van der Waals surface area contributed by atoms with Crippen LogP contribution in [-0.4, -0.2) is 5.25 Å². The average molecular weight is 213 g/mol. The van der Waals surface area contributed by atoms with Crippen LogP contribution in [0, 0.1) is 5.82 Å². The van der Waals surface area contributed by atoms with Crippen molar-refractivity contribution in [3.8, 4) is 0 Å². The first-order valence-corrected chi connectivity index (χ1v) is 5.76. The molecule has 1 aromatic carbocycles. The molecule has 0 saturated heterocycles. The summed E-state index contributed by atoms with van der Waals surface area (Å²) in [7, 11) is 0. The predicted octanol–water partition coefficient (Wildman–Crippen LogP) is 2.93. The number of halogens is 1. The number of nitrogens with two attached hydrogens (primary N) is 1. The smallest absolute Gasteiger partial charge is 0.123 e. The van der Waals surface area contributed by atoms with Crippen LogP contribution < -0.4 is 5.73 Å². The molecule has 0 atom stereocenters. The molecule has 78 valence electrons. The van der Waals surface area contributed by atoms with E-state index in [2.05, 4.69) is 13.8 Å². The van der Waals surface area contributed by atoms with Crippen LogP contribution in [0.4, 0.5) is 4.39 Å². The van der Waals surface area contributed by atoms with Crippen LogP contribution in [0.1, 0.15) is 25.0 Å². The number of benzene rings is 1. The molecule has 0 fully saturated rings. The van der Waals surface area contributed by atoms with Crippen LogP contribution in [0.25, 0.3) is 0 Å². The minimum Gasteiger partial charge on any atom is -0.326 e. The summed E-state index contributed by atoms with van der Waals surface area (Å²) in [6.45, 7) is 4.67. The van der Waals surface area contributed by atoms with E-state index < -0.39 is 0 Å². The monoisotopic (exact) mass is 213 g/mol. The Balaban J connectivity index is 2.71. The summed E-state index contributed by atoms with van der Waals surface area (Å²) in [5.74, 6) is 0.662. The van der Waals surface area contributed by atoms with Gasteiger partial charge in [-0.1, -0.05) is 19.9 Å². The van der Waals surface area contributed by atoms with Crippen molar-refractivity contribution in [2.45, 2.75) is 31.4 Å². The summed E-state index contributed by atoms with van der Waals surface area (Å²) in [5, 5.41) is 0.569. The largest absolute Gasteiger partial charge is 0.326 e. The fourth-order valence-corrected chi connectivity index (χ4v) is 1.87. The van der Waals surface area contributed by atoms with Crippen molar-refractivity contribution in [1.82, 2.24) is 0 Å². The maximum absolute atomic E-state index is 13.1. The van der Waals surface area contributed by atoms with Crippen LogP contribution in [0.2, 0.25) is 0 Å². The second-order valence-corrected chi connectivity index (χ2v) is 5.10. The molecule has 14 heavy (non-hydrogen) atoms. The van der Waals surface area contributed by atoms with E-state index in [4.69, 9.17) is 5.73 Å². The fraction of sp³-hybridized carbons (Fsp3) is 0.455. The standard InChI is InChI=1S/C11H16FNS/c1-8(2)14-7-10-3-9(6-13)4-11(12)5-10/h3-5,8H,6-7,13H2,1-2H3. The molecule has 0 heterocycles. The van der Waals surface area contributed by atoms with E-state index in [1.807, 2.05) is 6.07 Å². The van der Waals surface area contributed by atoms with Gasteiger partial charge in [0.2, 0.25) is 0 Å². The number of thioether (sulfide) groups is 1. The van der Waals surface area contributed by atoms with Gasteiger partial charge < -0.3 is 5.73 Å². The van der Waals surface area contributed by atoms with Gasteiger partial charge in [0.05, 0.1) is 0 Å². The lowest BCUT2D eigenvalue weighted by Gasteiger charge is -2.06. The minimum atomic E-state index is -0.188. The second-order valence-electron chi connectivity index (χ2n) is 3.53. The van der Waals surface area contributed by atoms with E-state index in [0.29, 0.717) is 11.8 Å². The van der Waals surface area contributed by atoms with E-state index in [1.165, 1.54) is 6.07 Å². The van der Waals surface area contributed by atoms with Gasteiger partial charge >= 0.3 is 0 Å². The molecule has 1 rings (SSSR count). The van der Waals surface area contributed by atoms with Gasteiger partial charge in [-0.15, -0.1) is 0 Å². The summed E-state index contributed by atoms with van der Waals surface area (Å²) < 4.78 is 13.1. The molecule has 0 radical (unpaired) electrons. The third-order valence-corrected chi connectivity index (χ3v) is 3.00. The topological polar surface area (TPSA) is 26.0 Å². The van der Waals surface area contributed by atoms with E-state index >= 15 is 0 Å². The summed E-state index contributed by atoms with van der Waals surface area (Å²) in [4.78, 5) is 0. The maximum Gasteiger partial charge on any atom is 0.123 e. The molecule has 0 saturated carbocycles. The zero-order valence-electron chi connectivity index (χ0n) is 8.59. The van der Waals surface area contributed by atoms with Gasteiger partial charge in [0.15, 0.2) is 0 Å². The van der Waals surface area contributed by atoms with E-state index in [9.17, 15) is 4.39 Å². The van der Waals surface area contributed by atoms with Gasteiger partial charge in [-0.3, -0.25) is 0 Å². The zero-order chi connectivity index (χ0) is 10.6. The highest BCUT2D eigenvalue weighted by atomic mass is 32.2. The van der Waals surface area contributed by atoms with E-state index in [0.717, 1.165) is 16.9 Å². The Morgan fingerprint density at radius 1 is 1.29 bits per heavy atom. The Labute approximate surface area is 88.9 Å². The molecule has 0 unspecified atom stereocenters. The molecule has 1 nitrogen and oxygen atoms in total. The van der Waals surface area contributed by atoms with Crippen molar-refractivity contribution in [2.75, 3.05) is 0 Å². The second kappa shape index (κ2) is 5.37. The molecule has 0 aromatic heterocycles. The van der Waals surface area contributed by atoms with Crippen LogP contribution in [-0.2, 0) is 12.3 Å². The fourth-order valence-electron chi connectivity index (χ4n) is 1.18. The van der Waals surface area contributed by atoms with Crippen molar-refractivity contribution >= 4 is 11.8 Å². The molecule has 0 bridgehead atoms. The lowest BCUT2D eigenvalue weighted by atomic mass is 10.1. The molecule has 0 amide bonds. The summed E-state index contributed by atoms with van der Waals surface area (Å²) in [6.07, 6.45) is 0. The number of rotatable bonds is 4. The molecular formula is C11H16FNS. The van der Waals surface area contributed by atoms with Crippen LogP contribution in [0.15, 0.2) is 18.2 Å². The molecule has 1 aromatic rings. The molecule has 0 spiro atoms. The average Bonchev–Trinajstić information content (AvgIpc) is 2.14. The Hall–Kier alpha value is -0.540. The van der Waals surface area contributed by atoms with Crippen LogP contribution in [0.3, 0.4) is 0 Å². The Bertz CT molecular complexity index is 299. The number of hydrogen-bond donors (Lipinski definition) is 1. The third kappa shape index (κ3) is 3.68. The Morgan fingerprint density at radius 2 is 1.93 bits per heavy atom. The molecule has 2 N–H and O–H groups in total. The van der Waals surface area contributed by atoms with Crippen molar-refractivity contribution in [3.05, 3.63) is 35.1 Å². The SMILES string of the molecule is CC(C)SCc1cc(F)cc(CN)c1. The highest BCUT2D eigenvalue weighted by Crippen LogP contribution is 2.19. The quantitative estimate of drug-likeness (QED) is 0.832. The van der Waals surface area contributed by atoms with Gasteiger partial charge in [0, 0.05) is 12.3 Å². The maximum atomic E-state index is 13.1. The van der Waals surface area contributed by atoms with Crippen molar-refractivity contribution in [3.63, 3.8) is 0 Å². The van der Waals surface area contributed by atoms with E-state index in [-0.39, 0.29) is 5.82 Å². The summed E-state index contributed by atoms with van der Waals surface area (Å²) in [5.41, 5.74) is 7.35. The minimum absolute atomic E-state index is 0.188. The lowest BCUT2D eigenvalue weighted by Crippen LogP contribution is -1.98. The normalized spacial score (nSPS) is 10.9. The van der Waals surface area contributed by atoms with Gasteiger partial charge in [-0.2, -0.15) is 11.8 Å². The van der Waals surface area contributed by atoms with Gasteiger partial charge in [-0.25, -0.2) is 4.39 Å². The molecule has 0 aliphatic carbocycles. The number of hydrogen-bond acceptors (Lipinski definition) is 2. The Kier molecular flexibility index (Phi) is 4.42. The first-order chi connectivity index (χ1) is 6.61. The Morgan fingerprint density at radius 3 is 2.50 bits per heavy atom. The lowest BCUT2D eigenvalue weighted by molar-refractivity contribution is 0.624. The summed E-state index contributed by atoms with van der Waals surface area (Å²) >= 11 is 1.80. The molecule has 3 heteroatoms. The first kappa shape index (κ1) is 11.5. The molecule has 0 aliphatic rings. The van der Waals surface area contributed by atoms with Gasteiger partial charge in [0.25, 0.3) is 0 Å². The molecule has 0 aliphatic heterocycles. The van der Waals surface area contributed by atoms with Crippen LogP contribution >= 0.6 is 11.8 Å². The van der Waals surface area contributed by atoms with E-state index in [1.54, 1.807) is 17.8 Å². The van der Waals surface area contributed by atoms with Gasteiger partial charge in [0.1, 0.15) is 5.82 Å². The predicted molar refractivity (Wildman–Crippen MR) is 60.7 cm³/mol. The first-order valence-electron chi connectivity index (χ1n) is 4.72.